The number of ether oxygens (including phenoxy) is 1. The van der Waals surface area contributed by atoms with Crippen molar-refractivity contribution in [2.24, 2.45) is 5.73 Å². The third-order valence-corrected chi connectivity index (χ3v) is 4.02. The number of amidine groups is 1. The summed E-state index contributed by atoms with van der Waals surface area (Å²) >= 11 is 1.10. The standard InChI is InChI=1S/C15H13FN2O4S/c16-10-7-8(14(17)18)1-4-11(10)22-15(21)12-5-2-9(23-12)3-6-13(19)20/h1-2,4-5,7H,3,6H2,(H3,17,18)(H,19,20). The molecule has 4 N–H and O–H groups in total. The van der Waals surface area contributed by atoms with Gasteiger partial charge in [0.05, 0.1) is 6.42 Å². The molecule has 8 heteroatoms. The third-order valence-electron chi connectivity index (χ3n) is 2.89. The van der Waals surface area contributed by atoms with Gasteiger partial charge in [-0.25, -0.2) is 9.18 Å². The fraction of sp³-hybridized carbons (Fsp3) is 0.133. The Morgan fingerprint density at radius 1 is 1.30 bits per heavy atom. The zero-order valence-electron chi connectivity index (χ0n) is 11.8. The summed E-state index contributed by atoms with van der Waals surface area (Å²) in [5, 5.41) is 15.8. The number of nitrogen functional groups attached to an aromatic ring is 1. The van der Waals surface area contributed by atoms with Crippen molar-refractivity contribution in [3.8, 4) is 5.75 Å². The molecule has 0 bridgehead atoms. The quantitative estimate of drug-likeness (QED) is 0.324. The van der Waals surface area contributed by atoms with Gasteiger partial charge in [0.15, 0.2) is 11.6 Å². The minimum Gasteiger partial charge on any atom is -0.481 e. The van der Waals surface area contributed by atoms with E-state index in [1.807, 2.05) is 0 Å². The van der Waals surface area contributed by atoms with E-state index in [9.17, 15) is 14.0 Å². The molecular weight excluding hydrogens is 323 g/mol. The molecule has 0 unspecified atom stereocenters. The normalized spacial score (nSPS) is 10.3. The van der Waals surface area contributed by atoms with Crippen LogP contribution < -0.4 is 10.5 Å². The van der Waals surface area contributed by atoms with E-state index in [2.05, 4.69) is 0 Å². The lowest BCUT2D eigenvalue weighted by molar-refractivity contribution is -0.136. The number of benzene rings is 1. The van der Waals surface area contributed by atoms with Gasteiger partial charge in [0.25, 0.3) is 0 Å². The molecule has 0 aliphatic carbocycles. The number of rotatable bonds is 6. The van der Waals surface area contributed by atoms with Crippen molar-refractivity contribution in [3.05, 3.63) is 51.5 Å². The zero-order valence-corrected chi connectivity index (χ0v) is 12.7. The van der Waals surface area contributed by atoms with Gasteiger partial charge in [0, 0.05) is 10.4 Å². The largest absolute Gasteiger partial charge is 0.481 e. The van der Waals surface area contributed by atoms with Crippen LogP contribution in [0.1, 0.15) is 26.5 Å². The number of aliphatic carboxylic acids is 1. The molecule has 0 fully saturated rings. The number of aryl methyl sites for hydroxylation is 1. The molecule has 0 spiro atoms. The van der Waals surface area contributed by atoms with E-state index in [0.717, 1.165) is 22.3 Å². The topological polar surface area (TPSA) is 113 Å². The van der Waals surface area contributed by atoms with Crippen LogP contribution in [0.3, 0.4) is 0 Å². The molecule has 2 aromatic rings. The number of thiophene rings is 1. The minimum atomic E-state index is -0.921. The van der Waals surface area contributed by atoms with Crippen molar-refractivity contribution < 1.29 is 23.8 Å². The first kappa shape index (κ1) is 16.6. The number of halogens is 1. The summed E-state index contributed by atoms with van der Waals surface area (Å²) < 4.78 is 18.8. The smallest absolute Gasteiger partial charge is 0.353 e. The van der Waals surface area contributed by atoms with Crippen LogP contribution in [0.15, 0.2) is 30.3 Å². The zero-order chi connectivity index (χ0) is 17.0. The molecule has 1 aromatic carbocycles. The van der Waals surface area contributed by atoms with Crippen LogP contribution in [0.25, 0.3) is 0 Å². The molecule has 0 saturated carbocycles. The highest BCUT2D eigenvalue weighted by molar-refractivity contribution is 7.13. The molecule has 0 aliphatic rings. The van der Waals surface area contributed by atoms with Crippen LogP contribution in [0.2, 0.25) is 0 Å². The lowest BCUT2D eigenvalue weighted by atomic mass is 10.2. The first-order valence-corrected chi connectivity index (χ1v) is 7.35. The molecule has 0 atom stereocenters. The van der Waals surface area contributed by atoms with Gasteiger partial charge >= 0.3 is 11.9 Å². The van der Waals surface area contributed by atoms with Crippen molar-refractivity contribution >= 4 is 29.1 Å². The predicted octanol–water partition coefficient (Wildman–Crippen LogP) is 2.41. The Labute approximate surface area is 134 Å². The number of nitrogens with two attached hydrogens (primary N) is 1. The molecule has 1 heterocycles. The Kier molecular flexibility index (Phi) is 5.07. The van der Waals surface area contributed by atoms with Gasteiger partial charge in [-0.2, -0.15) is 0 Å². The summed E-state index contributed by atoms with van der Waals surface area (Å²) in [5.41, 5.74) is 5.44. The number of carbonyl (C=O) groups is 2. The Morgan fingerprint density at radius 2 is 2.04 bits per heavy atom. The van der Waals surface area contributed by atoms with E-state index < -0.39 is 17.8 Å². The van der Waals surface area contributed by atoms with Crippen LogP contribution >= 0.6 is 11.3 Å². The fourth-order valence-corrected chi connectivity index (χ4v) is 2.64. The van der Waals surface area contributed by atoms with Gasteiger partial charge in [0.2, 0.25) is 0 Å². The highest BCUT2D eigenvalue weighted by Gasteiger charge is 2.15. The van der Waals surface area contributed by atoms with Gasteiger partial charge < -0.3 is 15.6 Å². The maximum atomic E-state index is 13.8. The number of carboxylic acids is 1. The fourth-order valence-electron chi connectivity index (χ4n) is 1.75. The monoisotopic (exact) mass is 336 g/mol. The SMILES string of the molecule is N=C(N)c1ccc(OC(=O)c2ccc(CCC(=O)O)s2)c(F)c1. The first-order chi connectivity index (χ1) is 10.9. The van der Waals surface area contributed by atoms with Crippen LogP contribution in [-0.4, -0.2) is 22.9 Å². The van der Waals surface area contributed by atoms with Crippen LogP contribution in [-0.2, 0) is 11.2 Å². The Hall–Kier alpha value is -2.74. The Bertz CT molecular complexity index is 773. The van der Waals surface area contributed by atoms with Crippen molar-refractivity contribution in [2.45, 2.75) is 12.8 Å². The van der Waals surface area contributed by atoms with Crippen molar-refractivity contribution in [2.75, 3.05) is 0 Å². The molecule has 0 aliphatic heterocycles. The molecule has 23 heavy (non-hydrogen) atoms. The highest BCUT2D eigenvalue weighted by atomic mass is 32.1. The summed E-state index contributed by atoms with van der Waals surface area (Å²) in [5.74, 6) is -3.00. The lowest BCUT2D eigenvalue weighted by Gasteiger charge is -2.05. The van der Waals surface area contributed by atoms with Crippen LogP contribution in [0, 0.1) is 11.2 Å². The predicted molar refractivity (Wildman–Crippen MR) is 82.7 cm³/mol. The molecule has 0 amide bonds. The average molecular weight is 336 g/mol. The second-order valence-electron chi connectivity index (χ2n) is 4.61. The summed E-state index contributed by atoms with van der Waals surface area (Å²) in [7, 11) is 0. The number of hydrogen-bond acceptors (Lipinski definition) is 5. The van der Waals surface area contributed by atoms with Gasteiger partial charge in [-0.1, -0.05) is 0 Å². The molecule has 1 aromatic heterocycles. The van der Waals surface area contributed by atoms with Crippen molar-refractivity contribution in [1.29, 1.82) is 5.41 Å². The Morgan fingerprint density at radius 3 is 2.65 bits per heavy atom. The third kappa shape index (κ3) is 4.36. The summed E-state index contributed by atoms with van der Waals surface area (Å²) in [6.07, 6.45) is 0.283. The molecule has 0 saturated heterocycles. The van der Waals surface area contributed by atoms with Crippen molar-refractivity contribution in [1.82, 2.24) is 0 Å². The molecule has 120 valence electrons. The number of nitrogens with one attached hydrogen (secondary N) is 1. The van der Waals surface area contributed by atoms with E-state index >= 15 is 0 Å². The molecule has 2 rings (SSSR count). The molecular formula is C15H13FN2O4S. The second-order valence-corrected chi connectivity index (χ2v) is 5.78. The van der Waals surface area contributed by atoms with Crippen LogP contribution in [0.4, 0.5) is 4.39 Å². The number of esters is 1. The maximum absolute atomic E-state index is 13.8. The summed E-state index contributed by atoms with van der Waals surface area (Å²) in [6, 6.07) is 6.76. The second kappa shape index (κ2) is 7.01. The first-order valence-electron chi connectivity index (χ1n) is 6.53. The van der Waals surface area contributed by atoms with Crippen LogP contribution in [0.5, 0.6) is 5.75 Å². The van der Waals surface area contributed by atoms with E-state index in [1.165, 1.54) is 18.2 Å². The van der Waals surface area contributed by atoms with Crippen molar-refractivity contribution in [3.63, 3.8) is 0 Å². The molecule has 0 radical (unpaired) electrons. The summed E-state index contributed by atoms with van der Waals surface area (Å²) in [4.78, 5) is 23.5. The highest BCUT2D eigenvalue weighted by Crippen LogP contribution is 2.23. The number of hydrogen-bond donors (Lipinski definition) is 3. The van der Waals surface area contributed by atoms with Gasteiger partial charge in [-0.05, 0) is 36.8 Å². The molecule has 6 nitrogen and oxygen atoms in total. The lowest BCUT2D eigenvalue weighted by Crippen LogP contribution is -2.12. The minimum absolute atomic E-state index is 0.0316. The number of carbonyl (C=O) groups excluding carboxylic acids is 1. The van der Waals surface area contributed by atoms with Gasteiger partial charge in [-0.3, -0.25) is 10.2 Å². The summed E-state index contributed by atoms with van der Waals surface area (Å²) in [6.45, 7) is 0. The van der Waals surface area contributed by atoms with E-state index in [4.69, 9.17) is 21.0 Å². The maximum Gasteiger partial charge on any atom is 0.353 e. The van der Waals surface area contributed by atoms with E-state index in [0.29, 0.717) is 6.42 Å². The average Bonchev–Trinajstić information content (AvgIpc) is 2.96. The Balaban J connectivity index is 2.07. The number of carboxylic acid groups (broad SMARTS) is 1. The van der Waals surface area contributed by atoms with Gasteiger partial charge in [-0.15, -0.1) is 11.3 Å². The van der Waals surface area contributed by atoms with Gasteiger partial charge in [0.1, 0.15) is 10.7 Å². The van der Waals surface area contributed by atoms with E-state index in [1.54, 1.807) is 6.07 Å². The van der Waals surface area contributed by atoms with E-state index in [-0.39, 0.29) is 28.4 Å².